The number of fused-ring (bicyclic) bond motifs is 1. The molecule has 26 heavy (non-hydrogen) atoms. The van der Waals surface area contributed by atoms with E-state index in [1.807, 2.05) is 48.0 Å². The van der Waals surface area contributed by atoms with Crippen LogP contribution in [0.25, 0.3) is 15.9 Å². The van der Waals surface area contributed by atoms with Gasteiger partial charge in [-0.3, -0.25) is 4.79 Å². The number of carboxylic acid groups (broad SMARTS) is 1. The summed E-state index contributed by atoms with van der Waals surface area (Å²) in [5, 5.41) is 17.8. The van der Waals surface area contributed by atoms with Gasteiger partial charge in [0.15, 0.2) is 0 Å². The maximum absolute atomic E-state index is 12.7. The molecule has 7 heteroatoms. The van der Waals surface area contributed by atoms with E-state index in [0.29, 0.717) is 17.7 Å². The highest BCUT2D eigenvalue weighted by molar-refractivity contribution is 7.20. The molecule has 1 fully saturated rings. The molecule has 2 heterocycles. The fourth-order valence-corrected chi connectivity index (χ4v) is 4.63. The first-order chi connectivity index (χ1) is 12.5. The van der Waals surface area contributed by atoms with Gasteiger partial charge in [-0.05, 0) is 38.0 Å². The van der Waals surface area contributed by atoms with Gasteiger partial charge in [0.1, 0.15) is 10.4 Å². The molecule has 0 spiro atoms. The van der Waals surface area contributed by atoms with Crippen molar-refractivity contribution in [3.8, 4) is 5.69 Å². The van der Waals surface area contributed by atoms with Gasteiger partial charge in [-0.1, -0.05) is 31.0 Å². The quantitative estimate of drug-likeness (QED) is 0.737. The molecule has 0 aliphatic heterocycles. The van der Waals surface area contributed by atoms with Crippen molar-refractivity contribution in [1.82, 2.24) is 15.1 Å². The number of carbonyl (C=O) groups is 2. The second-order valence-corrected chi connectivity index (χ2v) is 7.74. The summed E-state index contributed by atoms with van der Waals surface area (Å²) >= 11 is 1.34. The molecule has 0 atom stereocenters. The average molecular weight is 369 g/mol. The van der Waals surface area contributed by atoms with Gasteiger partial charge in [-0.2, -0.15) is 5.10 Å². The van der Waals surface area contributed by atoms with Crippen LogP contribution in [0.5, 0.6) is 0 Å². The molecule has 1 saturated carbocycles. The Labute approximate surface area is 154 Å². The lowest BCUT2D eigenvalue weighted by Crippen LogP contribution is -2.52. The third-order valence-electron chi connectivity index (χ3n) is 4.99. The Balaban J connectivity index is 1.70. The third kappa shape index (κ3) is 2.68. The minimum Gasteiger partial charge on any atom is -0.480 e. The van der Waals surface area contributed by atoms with E-state index in [4.69, 9.17) is 0 Å². The number of amides is 1. The summed E-state index contributed by atoms with van der Waals surface area (Å²) in [7, 11) is 0. The van der Waals surface area contributed by atoms with Gasteiger partial charge in [0, 0.05) is 5.39 Å². The van der Waals surface area contributed by atoms with E-state index in [0.717, 1.165) is 34.4 Å². The van der Waals surface area contributed by atoms with Crippen LogP contribution in [0.4, 0.5) is 0 Å². The smallest absolute Gasteiger partial charge is 0.329 e. The molecule has 1 aliphatic rings. The van der Waals surface area contributed by atoms with Crippen LogP contribution < -0.4 is 5.32 Å². The topological polar surface area (TPSA) is 84.2 Å². The van der Waals surface area contributed by atoms with Crippen LogP contribution in [0.3, 0.4) is 0 Å². The molecule has 0 radical (unpaired) electrons. The molecule has 4 rings (SSSR count). The standard InChI is InChI=1S/C19H19N3O3S/c1-12-14-11-15(16(23)20-19(18(24)25)9-5-6-10-19)26-17(14)22(21-12)13-7-3-2-4-8-13/h2-4,7-8,11H,5-6,9-10H2,1H3,(H,20,23)(H,24,25). The maximum atomic E-state index is 12.7. The largest absolute Gasteiger partial charge is 0.480 e. The lowest BCUT2D eigenvalue weighted by molar-refractivity contribution is -0.144. The molecule has 0 bridgehead atoms. The van der Waals surface area contributed by atoms with Crippen LogP contribution in [0.15, 0.2) is 36.4 Å². The predicted octanol–water partition coefficient (Wildman–Crippen LogP) is 3.52. The molecule has 2 N–H and O–H groups in total. The summed E-state index contributed by atoms with van der Waals surface area (Å²) in [6.45, 7) is 1.91. The highest BCUT2D eigenvalue weighted by atomic mass is 32.1. The number of rotatable bonds is 4. The van der Waals surface area contributed by atoms with E-state index in [9.17, 15) is 14.7 Å². The maximum Gasteiger partial charge on any atom is 0.329 e. The lowest BCUT2D eigenvalue weighted by atomic mass is 9.98. The minimum absolute atomic E-state index is 0.325. The molecule has 1 aromatic carbocycles. The Morgan fingerprint density at radius 3 is 2.58 bits per heavy atom. The molecule has 1 aliphatic carbocycles. The number of carboxylic acids is 1. The third-order valence-corrected chi connectivity index (χ3v) is 6.10. The molecule has 1 amide bonds. The summed E-state index contributed by atoms with van der Waals surface area (Å²) in [4.78, 5) is 25.8. The number of aryl methyl sites for hydroxylation is 1. The van der Waals surface area contributed by atoms with Crippen LogP contribution in [-0.2, 0) is 4.79 Å². The molecule has 6 nitrogen and oxygen atoms in total. The van der Waals surface area contributed by atoms with E-state index in [-0.39, 0.29) is 5.91 Å². The van der Waals surface area contributed by atoms with E-state index >= 15 is 0 Å². The number of thiophene rings is 1. The second kappa shape index (κ2) is 6.25. The van der Waals surface area contributed by atoms with Gasteiger partial charge in [-0.25, -0.2) is 9.48 Å². The number of benzene rings is 1. The summed E-state index contributed by atoms with van der Waals surface area (Å²) < 4.78 is 1.83. The van der Waals surface area contributed by atoms with Crippen LogP contribution in [-0.4, -0.2) is 32.3 Å². The zero-order valence-electron chi connectivity index (χ0n) is 14.4. The van der Waals surface area contributed by atoms with Gasteiger partial charge in [0.25, 0.3) is 5.91 Å². The van der Waals surface area contributed by atoms with E-state index < -0.39 is 11.5 Å². The first-order valence-corrected chi connectivity index (χ1v) is 9.42. The normalized spacial score (nSPS) is 16.0. The Morgan fingerprint density at radius 2 is 1.92 bits per heavy atom. The van der Waals surface area contributed by atoms with E-state index in [1.165, 1.54) is 11.3 Å². The lowest BCUT2D eigenvalue weighted by Gasteiger charge is -2.24. The first kappa shape index (κ1) is 16.8. The SMILES string of the molecule is Cc1nn(-c2ccccc2)c2sc(C(=O)NC3(C(=O)O)CCCC3)cc12. The molecule has 0 saturated heterocycles. The fraction of sp³-hybridized carbons (Fsp3) is 0.316. The van der Waals surface area contributed by atoms with Crippen LogP contribution in [0.1, 0.15) is 41.0 Å². The number of nitrogens with zero attached hydrogens (tertiary/aromatic N) is 2. The Bertz CT molecular complexity index is 984. The fourth-order valence-electron chi connectivity index (χ4n) is 3.55. The van der Waals surface area contributed by atoms with Gasteiger partial charge in [-0.15, -0.1) is 11.3 Å². The highest BCUT2D eigenvalue weighted by Gasteiger charge is 2.43. The number of hydrogen-bond acceptors (Lipinski definition) is 4. The van der Waals surface area contributed by atoms with Crippen molar-refractivity contribution in [3.63, 3.8) is 0 Å². The molecule has 134 valence electrons. The van der Waals surface area contributed by atoms with Crippen molar-refractivity contribution in [2.75, 3.05) is 0 Å². The van der Waals surface area contributed by atoms with E-state index in [1.54, 1.807) is 0 Å². The Kier molecular flexibility index (Phi) is 4.03. The summed E-state index contributed by atoms with van der Waals surface area (Å²) in [5.41, 5.74) is 0.637. The number of nitrogens with one attached hydrogen (secondary N) is 1. The zero-order valence-corrected chi connectivity index (χ0v) is 15.2. The number of aliphatic carboxylic acids is 1. The number of aromatic nitrogens is 2. The van der Waals surface area contributed by atoms with Gasteiger partial charge in [0.05, 0.1) is 16.3 Å². The highest BCUT2D eigenvalue weighted by Crippen LogP contribution is 2.33. The molecular weight excluding hydrogens is 350 g/mol. The Hall–Kier alpha value is -2.67. The molecule has 0 unspecified atom stereocenters. The van der Waals surface area contributed by atoms with Crippen molar-refractivity contribution >= 4 is 33.4 Å². The summed E-state index contributed by atoms with van der Waals surface area (Å²) in [6.07, 6.45) is 2.60. The average Bonchev–Trinajstić information content (AvgIpc) is 3.33. The second-order valence-electron chi connectivity index (χ2n) is 6.71. The molecule has 2 aromatic heterocycles. The molecular formula is C19H19N3O3S. The van der Waals surface area contributed by atoms with Crippen LogP contribution in [0.2, 0.25) is 0 Å². The van der Waals surface area contributed by atoms with Crippen molar-refractivity contribution in [1.29, 1.82) is 0 Å². The number of para-hydroxylation sites is 1. The van der Waals surface area contributed by atoms with Crippen molar-refractivity contribution in [3.05, 3.63) is 47.0 Å². The summed E-state index contributed by atoms with van der Waals surface area (Å²) in [6, 6.07) is 11.6. The number of carbonyl (C=O) groups excluding carboxylic acids is 1. The first-order valence-electron chi connectivity index (χ1n) is 8.61. The van der Waals surface area contributed by atoms with Gasteiger partial charge >= 0.3 is 5.97 Å². The number of hydrogen-bond donors (Lipinski definition) is 2. The predicted molar refractivity (Wildman–Crippen MR) is 100.0 cm³/mol. The van der Waals surface area contributed by atoms with Gasteiger partial charge < -0.3 is 10.4 Å². The van der Waals surface area contributed by atoms with Gasteiger partial charge in [0.2, 0.25) is 0 Å². The van der Waals surface area contributed by atoms with Crippen molar-refractivity contribution in [2.24, 2.45) is 0 Å². The Morgan fingerprint density at radius 1 is 1.23 bits per heavy atom. The van der Waals surface area contributed by atoms with Crippen molar-refractivity contribution in [2.45, 2.75) is 38.1 Å². The minimum atomic E-state index is -1.13. The zero-order chi connectivity index (χ0) is 18.3. The molecule has 3 aromatic rings. The monoisotopic (exact) mass is 369 g/mol. The van der Waals surface area contributed by atoms with E-state index in [2.05, 4.69) is 10.4 Å². The van der Waals surface area contributed by atoms with Crippen molar-refractivity contribution < 1.29 is 14.7 Å². The van der Waals surface area contributed by atoms with Crippen LogP contribution >= 0.6 is 11.3 Å². The van der Waals surface area contributed by atoms with Crippen LogP contribution in [0, 0.1) is 6.92 Å². The summed E-state index contributed by atoms with van der Waals surface area (Å²) in [5.74, 6) is -1.27.